The lowest BCUT2D eigenvalue weighted by Crippen LogP contribution is -2.10. The molecule has 3 aromatic rings. The standard InChI is InChI=1S/C12H11N3O3/c1-17-10-4-7-3-9-12(16)14-13-6-15(9)8(7)5-11(10)18-2/h3-6H,1-2H3,(H,14,16). The molecule has 0 saturated heterocycles. The molecule has 0 aliphatic carbocycles. The van der Waals surface area contributed by atoms with Crippen molar-refractivity contribution in [2.75, 3.05) is 14.2 Å². The van der Waals surface area contributed by atoms with Crippen LogP contribution in [0.25, 0.3) is 16.4 Å². The van der Waals surface area contributed by atoms with Crippen LogP contribution >= 0.6 is 0 Å². The Bertz CT molecular complexity index is 788. The SMILES string of the molecule is COc1cc2cc3c(=O)[nH]ncn3c2cc1OC. The molecule has 92 valence electrons. The van der Waals surface area contributed by atoms with E-state index >= 15 is 0 Å². The minimum absolute atomic E-state index is 0.230. The Morgan fingerprint density at radius 3 is 2.56 bits per heavy atom. The third-order valence-electron chi connectivity index (χ3n) is 2.92. The molecule has 0 radical (unpaired) electrons. The van der Waals surface area contributed by atoms with Gasteiger partial charge in [-0.2, -0.15) is 5.10 Å². The van der Waals surface area contributed by atoms with Crippen LogP contribution in [0.15, 0.2) is 29.3 Å². The lowest BCUT2D eigenvalue weighted by atomic mass is 10.2. The van der Waals surface area contributed by atoms with E-state index in [1.165, 1.54) is 0 Å². The molecular weight excluding hydrogens is 234 g/mol. The molecule has 1 aromatic carbocycles. The minimum Gasteiger partial charge on any atom is -0.493 e. The molecule has 0 bridgehead atoms. The second kappa shape index (κ2) is 3.76. The van der Waals surface area contributed by atoms with E-state index in [9.17, 15) is 4.79 Å². The topological polar surface area (TPSA) is 68.6 Å². The van der Waals surface area contributed by atoms with Gasteiger partial charge < -0.3 is 9.47 Å². The summed E-state index contributed by atoms with van der Waals surface area (Å²) < 4.78 is 12.2. The largest absolute Gasteiger partial charge is 0.493 e. The molecule has 0 saturated carbocycles. The van der Waals surface area contributed by atoms with Crippen molar-refractivity contribution in [2.45, 2.75) is 0 Å². The molecule has 0 amide bonds. The van der Waals surface area contributed by atoms with Crippen molar-refractivity contribution >= 4 is 16.4 Å². The van der Waals surface area contributed by atoms with Gasteiger partial charge in [0.15, 0.2) is 11.5 Å². The summed E-state index contributed by atoms with van der Waals surface area (Å²) in [5.41, 5.74) is 1.16. The number of fused-ring (bicyclic) bond motifs is 3. The van der Waals surface area contributed by atoms with Crippen molar-refractivity contribution in [3.8, 4) is 11.5 Å². The number of hydrogen-bond donors (Lipinski definition) is 1. The van der Waals surface area contributed by atoms with Gasteiger partial charge in [-0.25, -0.2) is 5.10 Å². The monoisotopic (exact) mass is 245 g/mol. The third kappa shape index (κ3) is 1.35. The molecule has 0 unspecified atom stereocenters. The van der Waals surface area contributed by atoms with Crippen LogP contribution in [0.1, 0.15) is 0 Å². The average molecular weight is 245 g/mol. The Balaban J connectivity index is 2.47. The van der Waals surface area contributed by atoms with E-state index in [2.05, 4.69) is 10.2 Å². The zero-order valence-corrected chi connectivity index (χ0v) is 9.93. The molecule has 3 rings (SSSR count). The molecule has 0 fully saturated rings. The van der Waals surface area contributed by atoms with Crippen molar-refractivity contribution in [1.29, 1.82) is 0 Å². The van der Waals surface area contributed by atoms with Crippen LogP contribution in [0.5, 0.6) is 11.5 Å². The Morgan fingerprint density at radius 2 is 1.83 bits per heavy atom. The maximum atomic E-state index is 11.7. The van der Waals surface area contributed by atoms with Gasteiger partial charge in [0, 0.05) is 11.5 Å². The number of methoxy groups -OCH3 is 2. The fraction of sp³-hybridized carbons (Fsp3) is 0.167. The van der Waals surface area contributed by atoms with Crippen LogP contribution in [0.4, 0.5) is 0 Å². The van der Waals surface area contributed by atoms with Gasteiger partial charge >= 0.3 is 0 Å². The minimum atomic E-state index is -0.230. The van der Waals surface area contributed by atoms with E-state index in [4.69, 9.17) is 9.47 Å². The van der Waals surface area contributed by atoms with Gasteiger partial charge in [0.2, 0.25) is 0 Å². The number of aromatic amines is 1. The van der Waals surface area contributed by atoms with E-state index in [-0.39, 0.29) is 5.56 Å². The fourth-order valence-electron chi connectivity index (χ4n) is 2.06. The number of ether oxygens (including phenoxy) is 2. The fourth-order valence-corrected chi connectivity index (χ4v) is 2.06. The molecule has 6 heteroatoms. The smallest absolute Gasteiger partial charge is 0.288 e. The zero-order valence-electron chi connectivity index (χ0n) is 9.93. The van der Waals surface area contributed by atoms with Gasteiger partial charge in [0.1, 0.15) is 11.8 Å². The van der Waals surface area contributed by atoms with E-state index in [0.717, 1.165) is 10.9 Å². The van der Waals surface area contributed by atoms with Gasteiger partial charge in [0.25, 0.3) is 5.56 Å². The maximum absolute atomic E-state index is 11.7. The molecular formula is C12H11N3O3. The zero-order chi connectivity index (χ0) is 12.7. The van der Waals surface area contributed by atoms with E-state index < -0.39 is 0 Å². The summed E-state index contributed by atoms with van der Waals surface area (Å²) in [6, 6.07) is 5.45. The summed E-state index contributed by atoms with van der Waals surface area (Å²) in [6.07, 6.45) is 1.56. The van der Waals surface area contributed by atoms with Crippen molar-refractivity contribution in [3.63, 3.8) is 0 Å². The van der Waals surface area contributed by atoms with Crippen molar-refractivity contribution in [2.24, 2.45) is 0 Å². The van der Waals surface area contributed by atoms with Crippen LogP contribution in [0.2, 0.25) is 0 Å². The Kier molecular flexibility index (Phi) is 2.22. The highest BCUT2D eigenvalue weighted by atomic mass is 16.5. The van der Waals surface area contributed by atoms with Crippen LogP contribution < -0.4 is 15.0 Å². The number of rotatable bonds is 2. The number of hydrogen-bond acceptors (Lipinski definition) is 4. The van der Waals surface area contributed by atoms with Gasteiger partial charge in [-0.1, -0.05) is 0 Å². The first-order chi connectivity index (χ1) is 8.74. The average Bonchev–Trinajstić information content (AvgIpc) is 2.76. The molecule has 0 atom stereocenters. The summed E-state index contributed by atoms with van der Waals surface area (Å²) in [4.78, 5) is 11.7. The first kappa shape index (κ1) is 10.6. The first-order valence-electron chi connectivity index (χ1n) is 5.35. The molecule has 1 N–H and O–H groups in total. The molecule has 0 spiro atoms. The Morgan fingerprint density at radius 1 is 1.11 bits per heavy atom. The van der Waals surface area contributed by atoms with Gasteiger partial charge in [-0.3, -0.25) is 9.20 Å². The molecule has 0 aliphatic heterocycles. The van der Waals surface area contributed by atoms with Crippen LogP contribution in [0, 0.1) is 0 Å². The number of benzene rings is 1. The van der Waals surface area contributed by atoms with Crippen molar-refractivity contribution in [1.82, 2.24) is 14.6 Å². The number of H-pyrrole nitrogens is 1. The summed E-state index contributed by atoms with van der Waals surface area (Å²) in [7, 11) is 3.15. The van der Waals surface area contributed by atoms with Gasteiger partial charge in [0.05, 0.1) is 19.7 Å². The quantitative estimate of drug-likeness (QED) is 0.736. The molecule has 2 aromatic heterocycles. The van der Waals surface area contributed by atoms with Crippen LogP contribution in [-0.2, 0) is 0 Å². The van der Waals surface area contributed by atoms with Crippen LogP contribution in [0.3, 0.4) is 0 Å². The molecule has 18 heavy (non-hydrogen) atoms. The highest BCUT2D eigenvalue weighted by Crippen LogP contribution is 2.32. The lowest BCUT2D eigenvalue weighted by Gasteiger charge is -2.07. The van der Waals surface area contributed by atoms with E-state index in [0.29, 0.717) is 17.0 Å². The highest BCUT2D eigenvalue weighted by molar-refractivity contribution is 5.89. The predicted octanol–water partition coefficient (Wildman–Crippen LogP) is 1.19. The molecule has 0 aliphatic rings. The van der Waals surface area contributed by atoms with Crippen molar-refractivity contribution in [3.05, 3.63) is 34.9 Å². The second-order valence-corrected chi connectivity index (χ2v) is 3.85. The number of nitrogens with one attached hydrogen (secondary N) is 1. The van der Waals surface area contributed by atoms with E-state index in [1.54, 1.807) is 31.0 Å². The van der Waals surface area contributed by atoms with Crippen LogP contribution in [-0.4, -0.2) is 28.8 Å². The summed E-state index contributed by atoms with van der Waals surface area (Å²) in [5.74, 6) is 1.25. The summed E-state index contributed by atoms with van der Waals surface area (Å²) >= 11 is 0. The lowest BCUT2D eigenvalue weighted by molar-refractivity contribution is 0.356. The Labute approximate surface area is 102 Å². The summed E-state index contributed by atoms with van der Waals surface area (Å²) in [6.45, 7) is 0. The Hall–Kier alpha value is -2.50. The van der Waals surface area contributed by atoms with Gasteiger partial charge in [-0.15, -0.1) is 0 Å². The first-order valence-corrected chi connectivity index (χ1v) is 5.35. The van der Waals surface area contributed by atoms with E-state index in [1.807, 2.05) is 12.1 Å². The van der Waals surface area contributed by atoms with Gasteiger partial charge in [-0.05, 0) is 12.1 Å². The third-order valence-corrected chi connectivity index (χ3v) is 2.92. The predicted molar refractivity (Wildman–Crippen MR) is 66.4 cm³/mol. The number of aromatic nitrogens is 3. The highest BCUT2D eigenvalue weighted by Gasteiger charge is 2.11. The van der Waals surface area contributed by atoms with Crippen molar-refractivity contribution < 1.29 is 9.47 Å². The normalized spacial score (nSPS) is 11.0. The number of nitrogens with zero attached hydrogens (tertiary/aromatic N) is 2. The summed E-state index contributed by atoms with van der Waals surface area (Å²) in [5, 5.41) is 7.08. The molecule has 6 nitrogen and oxygen atoms in total. The molecule has 2 heterocycles. The maximum Gasteiger partial charge on any atom is 0.288 e. The second-order valence-electron chi connectivity index (χ2n) is 3.85.